The summed E-state index contributed by atoms with van der Waals surface area (Å²) in [6.07, 6.45) is 5.41. The largest absolute Gasteiger partial charge is 0.462 e. The number of hydrogen-bond donors (Lipinski definition) is 1. The van der Waals surface area contributed by atoms with E-state index in [9.17, 15) is 4.79 Å². The van der Waals surface area contributed by atoms with E-state index in [4.69, 9.17) is 10.6 Å². The fourth-order valence-electron chi connectivity index (χ4n) is 2.90. The Kier molecular flexibility index (Phi) is 6.08. The van der Waals surface area contributed by atoms with Gasteiger partial charge in [0.2, 0.25) is 0 Å². The minimum Gasteiger partial charge on any atom is -0.462 e. The molecular formula is C21H20BrN3O2. The quantitative estimate of drug-likeness (QED) is 0.274. The Bertz CT molecular complexity index is 962. The van der Waals surface area contributed by atoms with Crippen molar-refractivity contribution in [3.8, 4) is 11.1 Å². The van der Waals surface area contributed by atoms with Gasteiger partial charge in [0.15, 0.2) is 0 Å². The van der Waals surface area contributed by atoms with Gasteiger partial charge >= 0.3 is 5.97 Å². The lowest BCUT2D eigenvalue weighted by Crippen LogP contribution is -2.05. The highest BCUT2D eigenvalue weighted by atomic mass is 79.9. The summed E-state index contributed by atoms with van der Waals surface area (Å²) in [6.45, 7) is 2.76. The van der Waals surface area contributed by atoms with E-state index in [1.807, 2.05) is 65.5 Å². The van der Waals surface area contributed by atoms with Crippen LogP contribution in [0.2, 0.25) is 0 Å². The third kappa shape index (κ3) is 4.65. The number of carbonyl (C=O) groups is 1. The molecule has 5 nitrogen and oxygen atoms in total. The second-order valence-corrected chi connectivity index (χ2v) is 6.92. The molecule has 2 N–H and O–H groups in total. The Morgan fingerprint density at radius 3 is 2.70 bits per heavy atom. The lowest BCUT2D eigenvalue weighted by Gasteiger charge is -2.04. The maximum atomic E-state index is 12.4. The van der Waals surface area contributed by atoms with E-state index >= 15 is 0 Å². The molecule has 0 unspecified atom stereocenters. The Balaban J connectivity index is 1.96. The summed E-state index contributed by atoms with van der Waals surface area (Å²) in [5.41, 5.74) is 4.38. The monoisotopic (exact) mass is 425 g/mol. The molecule has 0 saturated heterocycles. The van der Waals surface area contributed by atoms with Gasteiger partial charge in [-0.25, -0.2) is 4.79 Å². The summed E-state index contributed by atoms with van der Waals surface area (Å²) in [5.74, 6) is 4.91. The molecule has 0 saturated carbocycles. The van der Waals surface area contributed by atoms with Crippen LogP contribution in [0, 0.1) is 0 Å². The minimum absolute atomic E-state index is 0.321. The molecule has 0 aliphatic rings. The molecule has 0 amide bonds. The summed E-state index contributed by atoms with van der Waals surface area (Å²) in [6, 6.07) is 15.8. The molecule has 3 aromatic rings. The molecule has 0 bridgehead atoms. The standard InChI is InChI=1S/C21H20BrN3O2/c1-2-27-21(26)20-14-25(12-16-5-3-4-15(10-16)11-24-23)13-19(20)17-6-8-18(22)9-7-17/h3-11,13-14H,2,12,23H2,1H3. The van der Waals surface area contributed by atoms with Gasteiger partial charge in [-0.15, -0.1) is 0 Å². The second kappa shape index (κ2) is 8.68. The van der Waals surface area contributed by atoms with Gasteiger partial charge in [0.1, 0.15) is 0 Å². The first kappa shape index (κ1) is 18.9. The number of rotatable bonds is 6. The molecule has 6 heteroatoms. The molecule has 0 fully saturated rings. The van der Waals surface area contributed by atoms with Crippen LogP contribution in [0.5, 0.6) is 0 Å². The Hall–Kier alpha value is -2.86. The van der Waals surface area contributed by atoms with Gasteiger partial charge in [-0.1, -0.05) is 46.3 Å². The van der Waals surface area contributed by atoms with Crippen LogP contribution in [0.4, 0.5) is 0 Å². The van der Waals surface area contributed by atoms with Crippen LogP contribution in [-0.4, -0.2) is 23.4 Å². The molecule has 27 heavy (non-hydrogen) atoms. The topological polar surface area (TPSA) is 69.6 Å². The lowest BCUT2D eigenvalue weighted by atomic mass is 10.1. The summed E-state index contributed by atoms with van der Waals surface area (Å²) in [4.78, 5) is 12.4. The van der Waals surface area contributed by atoms with E-state index in [-0.39, 0.29) is 5.97 Å². The van der Waals surface area contributed by atoms with E-state index in [1.54, 1.807) is 13.1 Å². The number of hydrazone groups is 1. The zero-order valence-electron chi connectivity index (χ0n) is 14.9. The second-order valence-electron chi connectivity index (χ2n) is 6.01. The summed E-state index contributed by atoms with van der Waals surface area (Å²) >= 11 is 3.44. The molecule has 2 aromatic carbocycles. The Labute approximate surface area is 166 Å². The highest BCUT2D eigenvalue weighted by Gasteiger charge is 2.17. The number of halogens is 1. The van der Waals surface area contributed by atoms with Gasteiger partial charge < -0.3 is 15.1 Å². The number of benzene rings is 2. The summed E-state index contributed by atoms with van der Waals surface area (Å²) in [7, 11) is 0. The first-order valence-electron chi connectivity index (χ1n) is 8.55. The lowest BCUT2D eigenvalue weighted by molar-refractivity contribution is 0.0527. The normalized spacial score (nSPS) is 11.0. The van der Waals surface area contributed by atoms with E-state index in [1.165, 1.54) is 0 Å². The first-order valence-corrected chi connectivity index (χ1v) is 9.35. The molecule has 0 atom stereocenters. The number of nitrogens with zero attached hydrogens (tertiary/aromatic N) is 2. The smallest absolute Gasteiger partial charge is 0.340 e. The van der Waals surface area contributed by atoms with Gasteiger partial charge in [0, 0.05) is 29.0 Å². The van der Waals surface area contributed by atoms with Crippen LogP contribution in [-0.2, 0) is 11.3 Å². The number of hydrogen-bond acceptors (Lipinski definition) is 4. The molecule has 1 heterocycles. The maximum Gasteiger partial charge on any atom is 0.340 e. The van der Waals surface area contributed by atoms with Crippen LogP contribution in [0.3, 0.4) is 0 Å². The molecule has 0 radical (unpaired) electrons. The van der Waals surface area contributed by atoms with Crippen molar-refractivity contribution in [2.45, 2.75) is 13.5 Å². The molecule has 0 aliphatic carbocycles. The number of nitrogens with two attached hydrogens (primary N) is 1. The van der Waals surface area contributed by atoms with Crippen molar-refractivity contribution in [1.82, 2.24) is 4.57 Å². The number of aromatic nitrogens is 1. The summed E-state index contributed by atoms with van der Waals surface area (Å²) in [5, 5.41) is 3.57. The third-order valence-electron chi connectivity index (χ3n) is 4.07. The zero-order chi connectivity index (χ0) is 19.2. The summed E-state index contributed by atoms with van der Waals surface area (Å²) < 4.78 is 8.21. The highest BCUT2D eigenvalue weighted by Crippen LogP contribution is 2.27. The van der Waals surface area contributed by atoms with Gasteiger partial charge in [0.05, 0.1) is 18.4 Å². The van der Waals surface area contributed by atoms with Crippen molar-refractivity contribution in [2.75, 3.05) is 6.61 Å². The molecule has 1 aromatic heterocycles. The maximum absolute atomic E-state index is 12.4. The highest BCUT2D eigenvalue weighted by molar-refractivity contribution is 9.10. The number of esters is 1. The van der Waals surface area contributed by atoms with Crippen LogP contribution in [0.15, 0.2) is 70.5 Å². The van der Waals surface area contributed by atoms with Crippen molar-refractivity contribution >= 4 is 28.1 Å². The van der Waals surface area contributed by atoms with Crippen molar-refractivity contribution in [2.24, 2.45) is 10.9 Å². The fourth-order valence-corrected chi connectivity index (χ4v) is 3.16. The van der Waals surface area contributed by atoms with Crippen molar-refractivity contribution < 1.29 is 9.53 Å². The molecular weight excluding hydrogens is 406 g/mol. The molecule has 3 rings (SSSR count). The molecule has 0 spiro atoms. The fraction of sp³-hybridized carbons (Fsp3) is 0.143. The average Bonchev–Trinajstić information content (AvgIpc) is 3.07. The van der Waals surface area contributed by atoms with Crippen molar-refractivity contribution in [1.29, 1.82) is 0 Å². The first-order chi connectivity index (χ1) is 13.1. The minimum atomic E-state index is -0.321. The predicted octanol–water partition coefficient (Wildman–Crippen LogP) is 4.44. The molecule has 138 valence electrons. The SMILES string of the molecule is CCOC(=O)c1cn(Cc2cccc(C=NN)c2)cc1-c1ccc(Br)cc1. The van der Waals surface area contributed by atoms with Gasteiger partial charge in [-0.05, 0) is 41.8 Å². The van der Waals surface area contributed by atoms with Crippen LogP contribution >= 0.6 is 15.9 Å². The number of carbonyl (C=O) groups excluding carboxylic acids is 1. The van der Waals surface area contributed by atoms with E-state index in [0.29, 0.717) is 18.7 Å². The van der Waals surface area contributed by atoms with Crippen molar-refractivity contribution in [3.05, 3.63) is 82.1 Å². The van der Waals surface area contributed by atoms with Gasteiger partial charge in [-0.2, -0.15) is 5.10 Å². The predicted molar refractivity (Wildman–Crippen MR) is 111 cm³/mol. The third-order valence-corrected chi connectivity index (χ3v) is 4.60. The Morgan fingerprint density at radius 2 is 2.00 bits per heavy atom. The van der Waals surface area contributed by atoms with Crippen molar-refractivity contribution in [3.63, 3.8) is 0 Å². The zero-order valence-corrected chi connectivity index (χ0v) is 16.5. The van der Waals surface area contributed by atoms with Gasteiger partial charge in [0.25, 0.3) is 0 Å². The van der Waals surface area contributed by atoms with Crippen LogP contribution < -0.4 is 5.84 Å². The average molecular weight is 426 g/mol. The Morgan fingerprint density at radius 1 is 1.22 bits per heavy atom. The van der Waals surface area contributed by atoms with E-state index < -0.39 is 0 Å². The van der Waals surface area contributed by atoms with E-state index in [0.717, 1.165) is 26.7 Å². The molecule has 0 aliphatic heterocycles. The number of ether oxygens (including phenoxy) is 1. The van der Waals surface area contributed by atoms with Crippen LogP contribution in [0.1, 0.15) is 28.4 Å². The van der Waals surface area contributed by atoms with Crippen LogP contribution in [0.25, 0.3) is 11.1 Å². The van der Waals surface area contributed by atoms with Gasteiger partial charge in [-0.3, -0.25) is 0 Å². The van der Waals surface area contributed by atoms with E-state index in [2.05, 4.69) is 21.0 Å².